The molecule has 0 spiro atoms. The van der Waals surface area contributed by atoms with Gasteiger partial charge in [-0.05, 0) is 38.5 Å². The van der Waals surface area contributed by atoms with Crippen LogP contribution in [0.3, 0.4) is 0 Å². The number of hydrogen-bond acceptors (Lipinski definition) is 2. The first-order valence-electron chi connectivity index (χ1n) is 6.24. The van der Waals surface area contributed by atoms with Gasteiger partial charge in [0.05, 0.1) is 5.54 Å². The van der Waals surface area contributed by atoms with Crippen LogP contribution in [-0.4, -0.2) is 16.2 Å². The second-order valence-corrected chi connectivity index (χ2v) is 5.15. The fourth-order valence-electron chi connectivity index (χ4n) is 1.86. The molecule has 6 heteroatoms. The predicted molar refractivity (Wildman–Crippen MR) is 74.9 cm³/mol. The van der Waals surface area contributed by atoms with E-state index >= 15 is 0 Å². The minimum Gasteiger partial charge on any atom is -0.329 e. The number of hydrogen-bond donors (Lipinski definition) is 3. The minimum atomic E-state index is -0.697. The Hall–Kier alpha value is -2.37. The van der Waals surface area contributed by atoms with Gasteiger partial charge in [0.25, 0.3) is 0 Å². The first-order valence-corrected chi connectivity index (χ1v) is 6.24. The van der Waals surface area contributed by atoms with E-state index in [1.807, 2.05) is 6.92 Å². The summed E-state index contributed by atoms with van der Waals surface area (Å²) < 4.78 is 13.2. The number of halogens is 1. The van der Waals surface area contributed by atoms with Crippen molar-refractivity contribution in [2.24, 2.45) is 0 Å². The van der Waals surface area contributed by atoms with Crippen LogP contribution in [0.4, 0.5) is 15.0 Å². The summed E-state index contributed by atoms with van der Waals surface area (Å²) in [7, 11) is 0. The molecule has 106 valence electrons. The van der Waals surface area contributed by atoms with Gasteiger partial charge >= 0.3 is 6.03 Å². The summed E-state index contributed by atoms with van der Waals surface area (Å²) >= 11 is 0. The smallest absolute Gasteiger partial charge is 0.321 e. The second kappa shape index (κ2) is 5.32. The molecule has 0 aliphatic heterocycles. The molecule has 3 N–H and O–H groups in total. The van der Waals surface area contributed by atoms with Gasteiger partial charge in [-0.3, -0.25) is 10.4 Å². The maximum absolute atomic E-state index is 13.2. The highest BCUT2D eigenvalue weighted by Crippen LogP contribution is 2.20. The zero-order chi connectivity index (χ0) is 14.8. The van der Waals surface area contributed by atoms with E-state index in [1.54, 1.807) is 32.0 Å². The van der Waals surface area contributed by atoms with Gasteiger partial charge in [-0.25, -0.2) is 9.18 Å². The van der Waals surface area contributed by atoms with Crippen LogP contribution in [0.2, 0.25) is 0 Å². The number of carbonyl (C=O) groups excluding carboxylic acids is 1. The molecule has 20 heavy (non-hydrogen) atoms. The van der Waals surface area contributed by atoms with Crippen molar-refractivity contribution in [1.82, 2.24) is 15.5 Å². The van der Waals surface area contributed by atoms with Crippen LogP contribution < -0.4 is 10.6 Å². The van der Waals surface area contributed by atoms with E-state index in [2.05, 4.69) is 20.8 Å². The summed E-state index contributed by atoms with van der Waals surface area (Å²) in [6.07, 6.45) is 0. The molecule has 2 amide bonds. The van der Waals surface area contributed by atoms with Crippen LogP contribution in [0.15, 0.2) is 30.3 Å². The molecule has 2 aromatic rings. The van der Waals surface area contributed by atoms with Gasteiger partial charge in [0, 0.05) is 11.8 Å². The molecular formula is C14H17FN4O. The third kappa shape index (κ3) is 3.34. The third-order valence-corrected chi connectivity index (χ3v) is 2.92. The molecule has 0 saturated heterocycles. The quantitative estimate of drug-likeness (QED) is 0.806. The molecule has 0 unspecified atom stereocenters. The molecule has 0 fully saturated rings. The average molecular weight is 276 g/mol. The number of aromatic amines is 1. The number of aryl methyl sites for hydroxylation is 1. The zero-order valence-electron chi connectivity index (χ0n) is 11.6. The SMILES string of the molecule is Cc1cc(NC(=O)NC(C)(C)c2cccc(F)c2)n[nH]1. The molecular weight excluding hydrogens is 259 g/mol. The molecule has 0 aliphatic rings. The summed E-state index contributed by atoms with van der Waals surface area (Å²) in [5.74, 6) is 0.107. The molecule has 2 rings (SSSR count). The summed E-state index contributed by atoms with van der Waals surface area (Å²) in [5, 5.41) is 12.1. The van der Waals surface area contributed by atoms with E-state index in [0.717, 1.165) is 5.69 Å². The summed E-state index contributed by atoms with van der Waals surface area (Å²) in [5.41, 5.74) is 0.841. The number of aromatic nitrogens is 2. The van der Waals surface area contributed by atoms with Crippen LogP contribution in [0.25, 0.3) is 0 Å². The highest BCUT2D eigenvalue weighted by Gasteiger charge is 2.23. The monoisotopic (exact) mass is 276 g/mol. The van der Waals surface area contributed by atoms with Crippen LogP contribution in [0.5, 0.6) is 0 Å². The summed E-state index contributed by atoms with van der Waals surface area (Å²) in [4.78, 5) is 11.9. The Morgan fingerprint density at radius 1 is 1.35 bits per heavy atom. The predicted octanol–water partition coefficient (Wildman–Crippen LogP) is 2.91. The van der Waals surface area contributed by atoms with E-state index < -0.39 is 11.6 Å². The van der Waals surface area contributed by atoms with Crippen molar-refractivity contribution in [3.63, 3.8) is 0 Å². The van der Waals surface area contributed by atoms with Crippen LogP contribution in [0.1, 0.15) is 25.1 Å². The van der Waals surface area contributed by atoms with Crippen LogP contribution in [-0.2, 0) is 5.54 Å². The lowest BCUT2D eigenvalue weighted by Crippen LogP contribution is -2.43. The first kappa shape index (κ1) is 14.0. The number of rotatable bonds is 3. The van der Waals surface area contributed by atoms with Crippen molar-refractivity contribution in [2.45, 2.75) is 26.3 Å². The highest BCUT2D eigenvalue weighted by molar-refractivity contribution is 5.88. The molecule has 1 heterocycles. The summed E-state index contributed by atoms with van der Waals surface area (Å²) in [6.45, 7) is 5.45. The Kier molecular flexibility index (Phi) is 3.74. The van der Waals surface area contributed by atoms with Crippen molar-refractivity contribution in [2.75, 3.05) is 5.32 Å². The largest absolute Gasteiger partial charge is 0.329 e. The molecule has 1 aromatic heterocycles. The normalized spacial score (nSPS) is 11.2. The lowest BCUT2D eigenvalue weighted by atomic mass is 9.94. The van der Waals surface area contributed by atoms with Crippen molar-refractivity contribution in [1.29, 1.82) is 0 Å². The van der Waals surface area contributed by atoms with Gasteiger partial charge < -0.3 is 5.32 Å². The number of benzene rings is 1. The fraction of sp³-hybridized carbons (Fsp3) is 0.286. The number of urea groups is 1. The van der Waals surface area contributed by atoms with E-state index in [-0.39, 0.29) is 5.82 Å². The molecule has 5 nitrogen and oxygen atoms in total. The Labute approximate surface area is 116 Å². The topological polar surface area (TPSA) is 69.8 Å². The molecule has 1 aromatic carbocycles. The maximum Gasteiger partial charge on any atom is 0.321 e. The van der Waals surface area contributed by atoms with Gasteiger partial charge in [-0.2, -0.15) is 5.10 Å². The Bertz CT molecular complexity index is 621. The number of nitrogens with one attached hydrogen (secondary N) is 3. The number of nitrogens with zero attached hydrogens (tertiary/aromatic N) is 1. The second-order valence-electron chi connectivity index (χ2n) is 5.15. The molecule has 0 atom stereocenters. The molecule has 0 aliphatic carbocycles. The Morgan fingerprint density at radius 3 is 2.70 bits per heavy atom. The zero-order valence-corrected chi connectivity index (χ0v) is 11.6. The molecule has 0 saturated carbocycles. The van der Waals surface area contributed by atoms with Gasteiger partial charge in [0.2, 0.25) is 0 Å². The Balaban J connectivity index is 2.06. The number of amides is 2. The van der Waals surface area contributed by atoms with E-state index in [9.17, 15) is 9.18 Å². The Morgan fingerprint density at radius 2 is 2.10 bits per heavy atom. The fourth-order valence-corrected chi connectivity index (χ4v) is 1.86. The van der Waals surface area contributed by atoms with Crippen LogP contribution >= 0.6 is 0 Å². The standard InChI is InChI=1S/C14H17FN4O/c1-9-7-12(19-18-9)16-13(20)17-14(2,3)10-5-4-6-11(15)8-10/h4-8H,1-3H3,(H3,16,17,18,19,20). The first-order chi connectivity index (χ1) is 9.37. The minimum absolute atomic E-state index is 0.333. The summed E-state index contributed by atoms with van der Waals surface area (Å²) in [6, 6.07) is 7.47. The number of H-pyrrole nitrogens is 1. The third-order valence-electron chi connectivity index (χ3n) is 2.92. The van der Waals surface area contributed by atoms with Crippen molar-refractivity contribution in [3.05, 3.63) is 47.4 Å². The van der Waals surface area contributed by atoms with Gasteiger partial charge in [0.15, 0.2) is 5.82 Å². The van der Waals surface area contributed by atoms with Gasteiger partial charge in [-0.1, -0.05) is 12.1 Å². The number of carbonyl (C=O) groups is 1. The molecule has 0 bridgehead atoms. The highest BCUT2D eigenvalue weighted by atomic mass is 19.1. The maximum atomic E-state index is 13.2. The van der Waals surface area contributed by atoms with Crippen molar-refractivity contribution >= 4 is 11.8 Å². The van der Waals surface area contributed by atoms with Gasteiger partial charge in [-0.15, -0.1) is 0 Å². The van der Waals surface area contributed by atoms with E-state index in [4.69, 9.17) is 0 Å². The van der Waals surface area contributed by atoms with Crippen LogP contribution in [0, 0.1) is 12.7 Å². The van der Waals surface area contributed by atoms with Crippen molar-refractivity contribution < 1.29 is 9.18 Å². The molecule has 0 radical (unpaired) electrons. The lowest BCUT2D eigenvalue weighted by Gasteiger charge is -2.26. The van der Waals surface area contributed by atoms with E-state index in [0.29, 0.717) is 11.4 Å². The van der Waals surface area contributed by atoms with E-state index in [1.165, 1.54) is 12.1 Å². The lowest BCUT2D eigenvalue weighted by molar-refractivity contribution is 0.241. The number of anilines is 1. The van der Waals surface area contributed by atoms with Gasteiger partial charge in [0.1, 0.15) is 5.82 Å². The van der Waals surface area contributed by atoms with Crippen molar-refractivity contribution in [3.8, 4) is 0 Å². The average Bonchev–Trinajstić information content (AvgIpc) is 2.73.